The largest absolute Gasteiger partial charge is 0.310 e. The van der Waals surface area contributed by atoms with Crippen molar-refractivity contribution in [1.29, 1.82) is 0 Å². The molecule has 4 nitrogen and oxygen atoms in total. The SMILES string of the molecule is CC(C)NCc1csc(S(=O)(=O)N(C)C2CC2)c1. The van der Waals surface area contributed by atoms with E-state index in [-0.39, 0.29) is 6.04 Å². The van der Waals surface area contributed by atoms with Crippen molar-refractivity contribution in [3.05, 3.63) is 17.0 Å². The molecule has 0 unspecified atom stereocenters. The van der Waals surface area contributed by atoms with E-state index in [1.807, 2.05) is 5.38 Å². The zero-order valence-electron chi connectivity index (χ0n) is 11.0. The predicted molar refractivity (Wildman–Crippen MR) is 74.3 cm³/mol. The van der Waals surface area contributed by atoms with Gasteiger partial charge in [0, 0.05) is 25.7 Å². The van der Waals surface area contributed by atoms with E-state index in [1.165, 1.54) is 15.6 Å². The van der Waals surface area contributed by atoms with Gasteiger partial charge in [-0.3, -0.25) is 0 Å². The van der Waals surface area contributed by atoms with Crippen LogP contribution in [-0.4, -0.2) is 31.9 Å². The van der Waals surface area contributed by atoms with E-state index in [0.717, 1.165) is 24.9 Å². The smallest absolute Gasteiger partial charge is 0.252 e. The van der Waals surface area contributed by atoms with Crippen LogP contribution >= 0.6 is 11.3 Å². The third kappa shape index (κ3) is 3.12. The fourth-order valence-electron chi connectivity index (χ4n) is 1.68. The van der Waals surface area contributed by atoms with Crippen LogP contribution in [0, 0.1) is 0 Å². The van der Waals surface area contributed by atoms with Gasteiger partial charge in [0.05, 0.1) is 0 Å². The molecule has 0 bridgehead atoms. The first-order valence-corrected chi connectivity index (χ1v) is 8.52. The predicted octanol–water partition coefficient (Wildman–Crippen LogP) is 2.03. The fourth-order valence-corrected chi connectivity index (χ4v) is 4.49. The first-order chi connectivity index (χ1) is 8.41. The molecule has 1 heterocycles. The number of sulfonamides is 1. The summed E-state index contributed by atoms with van der Waals surface area (Å²) in [5.41, 5.74) is 1.04. The number of nitrogens with zero attached hydrogens (tertiary/aromatic N) is 1. The minimum Gasteiger partial charge on any atom is -0.310 e. The van der Waals surface area contributed by atoms with Crippen molar-refractivity contribution in [1.82, 2.24) is 9.62 Å². The Kier molecular flexibility index (Phi) is 4.11. The van der Waals surface area contributed by atoms with Gasteiger partial charge in [0.2, 0.25) is 0 Å². The number of rotatable bonds is 6. The average molecular weight is 288 g/mol. The Morgan fingerprint density at radius 2 is 2.17 bits per heavy atom. The lowest BCUT2D eigenvalue weighted by Crippen LogP contribution is -2.28. The molecular formula is C12H20N2O2S2. The highest BCUT2D eigenvalue weighted by molar-refractivity contribution is 7.91. The molecule has 1 aromatic heterocycles. The summed E-state index contributed by atoms with van der Waals surface area (Å²) in [5, 5.41) is 5.21. The van der Waals surface area contributed by atoms with E-state index in [4.69, 9.17) is 0 Å². The Balaban J connectivity index is 2.08. The summed E-state index contributed by atoms with van der Waals surface area (Å²) in [4.78, 5) is 0. The lowest BCUT2D eigenvalue weighted by Gasteiger charge is -2.14. The third-order valence-electron chi connectivity index (χ3n) is 3.04. The summed E-state index contributed by atoms with van der Waals surface area (Å²) in [7, 11) is -1.59. The number of thiophene rings is 1. The van der Waals surface area contributed by atoms with Gasteiger partial charge in [-0.05, 0) is 29.9 Å². The molecule has 0 aromatic carbocycles. The second-order valence-electron chi connectivity index (χ2n) is 5.06. The summed E-state index contributed by atoms with van der Waals surface area (Å²) >= 11 is 1.31. The summed E-state index contributed by atoms with van der Waals surface area (Å²) in [6.45, 7) is 4.87. The molecule has 0 amide bonds. The van der Waals surface area contributed by atoms with Crippen LogP contribution in [0.25, 0.3) is 0 Å². The lowest BCUT2D eigenvalue weighted by molar-refractivity contribution is 0.466. The number of hydrogen-bond acceptors (Lipinski definition) is 4. The fraction of sp³-hybridized carbons (Fsp3) is 0.667. The van der Waals surface area contributed by atoms with Crippen molar-refractivity contribution in [2.75, 3.05) is 7.05 Å². The first kappa shape index (κ1) is 14.0. The van der Waals surface area contributed by atoms with Crippen LogP contribution in [0.15, 0.2) is 15.7 Å². The van der Waals surface area contributed by atoms with Crippen LogP contribution in [0.2, 0.25) is 0 Å². The molecule has 102 valence electrons. The molecule has 18 heavy (non-hydrogen) atoms. The Bertz CT molecular complexity index is 504. The van der Waals surface area contributed by atoms with Gasteiger partial charge in [0.25, 0.3) is 10.0 Å². The maximum absolute atomic E-state index is 12.3. The minimum atomic E-state index is -3.27. The van der Waals surface area contributed by atoms with E-state index in [0.29, 0.717) is 10.3 Å². The monoisotopic (exact) mass is 288 g/mol. The van der Waals surface area contributed by atoms with Crippen LogP contribution in [0.1, 0.15) is 32.3 Å². The highest BCUT2D eigenvalue weighted by Gasteiger charge is 2.35. The molecule has 0 aliphatic heterocycles. The molecule has 1 N–H and O–H groups in total. The number of hydrogen-bond donors (Lipinski definition) is 1. The molecule has 0 radical (unpaired) electrons. The maximum atomic E-state index is 12.3. The second kappa shape index (κ2) is 5.28. The molecule has 1 aliphatic carbocycles. The van der Waals surface area contributed by atoms with E-state index >= 15 is 0 Å². The van der Waals surface area contributed by atoms with Gasteiger partial charge in [-0.1, -0.05) is 13.8 Å². The van der Waals surface area contributed by atoms with Gasteiger partial charge in [-0.2, -0.15) is 4.31 Å². The van der Waals surface area contributed by atoms with Crippen molar-refractivity contribution in [2.24, 2.45) is 0 Å². The van der Waals surface area contributed by atoms with Crippen molar-refractivity contribution >= 4 is 21.4 Å². The van der Waals surface area contributed by atoms with Crippen molar-refractivity contribution in [3.63, 3.8) is 0 Å². The molecule has 1 aromatic rings. The molecule has 0 saturated heterocycles. The molecule has 2 rings (SSSR count). The van der Waals surface area contributed by atoms with E-state index in [2.05, 4.69) is 19.2 Å². The summed E-state index contributed by atoms with van der Waals surface area (Å²) in [6.07, 6.45) is 1.98. The summed E-state index contributed by atoms with van der Waals surface area (Å²) in [5.74, 6) is 0. The van der Waals surface area contributed by atoms with E-state index in [1.54, 1.807) is 13.1 Å². The third-order valence-corrected chi connectivity index (χ3v) is 6.41. The molecule has 1 saturated carbocycles. The van der Waals surface area contributed by atoms with Crippen molar-refractivity contribution < 1.29 is 8.42 Å². The zero-order valence-corrected chi connectivity index (χ0v) is 12.6. The van der Waals surface area contributed by atoms with Gasteiger partial charge in [-0.25, -0.2) is 8.42 Å². The topological polar surface area (TPSA) is 49.4 Å². The van der Waals surface area contributed by atoms with Crippen molar-refractivity contribution in [3.8, 4) is 0 Å². The van der Waals surface area contributed by atoms with Gasteiger partial charge >= 0.3 is 0 Å². The molecule has 1 aliphatic rings. The van der Waals surface area contributed by atoms with Crippen LogP contribution in [0.4, 0.5) is 0 Å². The quantitative estimate of drug-likeness (QED) is 0.871. The molecule has 0 atom stereocenters. The van der Waals surface area contributed by atoms with Crippen LogP contribution < -0.4 is 5.32 Å². The normalized spacial score (nSPS) is 16.7. The van der Waals surface area contributed by atoms with E-state index < -0.39 is 10.0 Å². The molecule has 6 heteroatoms. The minimum absolute atomic E-state index is 0.217. The Morgan fingerprint density at radius 3 is 2.72 bits per heavy atom. The van der Waals surface area contributed by atoms with Crippen LogP contribution in [-0.2, 0) is 16.6 Å². The highest BCUT2D eigenvalue weighted by atomic mass is 32.2. The molecule has 0 spiro atoms. The summed E-state index contributed by atoms with van der Waals surface area (Å²) < 4.78 is 26.5. The van der Waals surface area contributed by atoms with Gasteiger partial charge < -0.3 is 5.32 Å². The van der Waals surface area contributed by atoms with E-state index in [9.17, 15) is 8.42 Å². The summed E-state index contributed by atoms with van der Waals surface area (Å²) in [6, 6.07) is 2.40. The first-order valence-electron chi connectivity index (χ1n) is 6.20. The molecule has 1 fully saturated rings. The van der Waals surface area contributed by atoms with Gasteiger partial charge in [0.1, 0.15) is 4.21 Å². The lowest BCUT2D eigenvalue weighted by atomic mass is 10.3. The van der Waals surface area contributed by atoms with Gasteiger partial charge in [-0.15, -0.1) is 11.3 Å². The standard InChI is InChI=1S/C12H20N2O2S2/c1-9(2)13-7-10-6-12(17-8-10)18(15,16)14(3)11-4-5-11/h6,8-9,11,13H,4-5,7H2,1-3H3. The maximum Gasteiger partial charge on any atom is 0.252 e. The van der Waals surface area contributed by atoms with Gasteiger partial charge in [0.15, 0.2) is 0 Å². The zero-order chi connectivity index (χ0) is 13.3. The van der Waals surface area contributed by atoms with Crippen LogP contribution in [0.5, 0.6) is 0 Å². The second-order valence-corrected chi connectivity index (χ2v) is 8.20. The molecular weight excluding hydrogens is 268 g/mol. The average Bonchev–Trinajstić information content (AvgIpc) is 3.03. The Morgan fingerprint density at radius 1 is 1.50 bits per heavy atom. The Hall–Kier alpha value is -0.430. The van der Waals surface area contributed by atoms with Crippen LogP contribution in [0.3, 0.4) is 0 Å². The van der Waals surface area contributed by atoms with Crippen molar-refractivity contribution in [2.45, 2.75) is 49.5 Å². The number of nitrogens with one attached hydrogen (secondary N) is 1. The Labute approximate surface area is 113 Å². The highest BCUT2D eigenvalue weighted by Crippen LogP contribution is 2.32.